The summed E-state index contributed by atoms with van der Waals surface area (Å²) in [6, 6.07) is 0. The smallest absolute Gasteiger partial charge is 0.221 e. The van der Waals surface area contributed by atoms with Crippen molar-refractivity contribution in [1.82, 2.24) is 0 Å². The molecule has 0 aromatic rings. The number of rotatable bonds is 19. The Morgan fingerprint density at radius 2 is 1.00 bits per heavy atom. The number of unbranched alkanes of at least 4 members (excludes halogenated alkanes) is 15. The largest absolute Gasteiger partial charge is 0.281 e. The molecule has 142 valence electrons. The van der Waals surface area contributed by atoms with Gasteiger partial charge < -0.3 is 0 Å². The van der Waals surface area contributed by atoms with Crippen LogP contribution >= 0.6 is 11.6 Å². The molecule has 0 heterocycles. The predicted molar refractivity (Wildman–Crippen MR) is 109 cm³/mol. The molecule has 0 spiro atoms. The van der Waals surface area contributed by atoms with E-state index < -0.39 is 0 Å². The first-order valence-electron chi connectivity index (χ1n) is 10.6. The van der Waals surface area contributed by atoms with E-state index in [1.54, 1.807) is 0 Å². The maximum atomic E-state index is 10.6. The van der Waals surface area contributed by atoms with Crippen LogP contribution in [0.25, 0.3) is 0 Å². The minimum atomic E-state index is -0.188. The molecule has 0 aromatic heterocycles. The van der Waals surface area contributed by atoms with Gasteiger partial charge in [0.15, 0.2) is 0 Å². The zero-order valence-electron chi connectivity index (χ0n) is 16.2. The topological polar surface area (TPSA) is 17.1 Å². The number of hydrogen-bond donors (Lipinski definition) is 0. The standard InChI is InChI=1S/C22H41ClO/c1-2-3-4-5-6-7-8-9-10-11-12-13-14-15-16-17-18-19-20-21-22(23)24/h12-13H,2-11,14-21H2,1H3/b13-12+. The van der Waals surface area contributed by atoms with Crippen LogP contribution in [0.3, 0.4) is 0 Å². The molecule has 0 aliphatic rings. The van der Waals surface area contributed by atoms with E-state index in [0.29, 0.717) is 6.42 Å². The summed E-state index contributed by atoms with van der Waals surface area (Å²) < 4.78 is 0. The van der Waals surface area contributed by atoms with Crippen LogP contribution < -0.4 is 0 Å². The van der Waals surface area contributed by atoms with Crippen molar-refractivity contribution in [3.63, 3.8) is 0 Å². The second-order valence-corrected chi connectivity index (χ2v) is 7.53. The highest BCUT2D eigenvalue weighted by Gasteiger charge is 1.96. The van der Waals surface area contributed by atoms with E-state index in [-0.39, 0.29) is 5.24 Å². The fourth-order valence-corrected chi connectivity index (χ4v) is 3.18. The zero-order chi connectivity index (χ0) is 17.7. The van der Waals surface area contributed by atoms with E-state index in [1.807, 2.05) is 0 Å². The molecule has 1 nitrogen and oxygen atoms in total. The van der Waals surface area contributed by atoms with Crippen LogP contribution in [0.1, 0.15) is 122 Å². The summed E-state index contributed by atoms with van der Waals surface area (Å²) in [4.78, 5) is 10.6. The Kier molecular flexibility index (Phi) is 20.5. The van der Waals surface area contributed by atoms with Gasteiger partial charge in [0.1, 0.15) is 0 Å². The number of carbonyl (C=O) groups excluding carboxylic acids is 1. The van der Waals surface area contributed by atoms with E-state index in [1.165, 1.54) is 96.3 Å². The number of halogens is 1. The van der Waals surface area contributed by atoms with Crippen LogP contribution in [-0.4, -0.2) is 5.24 Å². The summed E-state index contributed by atoms with van der Waals surface area (Å²) in [7, 11) is 0. The Morgan fingerprint density at radius 3 is 1.42 bits per heavy atom. The summed E-state index contributed by atoms with van der Waals surface area (Å²) >= 11 is 5.31. The van der Waals surface area contributed by atoms with Gasteiger partial charge in [-0.3, -0.25) is 4.79 Å². The van der Waals surface area contributed by atoms with Crippen molar-refractivity contribution in [1.29, 1.82) is 0 Å². The molecular formula is C22H41ClO. The van der Waals surface area contributed by atoms with Gasteiger partial charge in [-0.15, -0.1) is 0 Å². The molecule has 0 fully saturated rings. The fourth-order valence-electron chi connectivity index (χ4n) is 3.04. The molecule has 0 rings (SSSR count). The molecule has 0 saturated heterocycles. The Hall–Kier alpha value is -0.300. The lowest BCUT2D eigenvalue weighted by atomic mass is 10.1. The first-order chi connectivity index (χ1) is 11.8. The highest BCUT2D eigenvalue weighted by atomic mass is 35.5. The molecule has 0 radical (unpaired) electrons. The molecule has 0 aromatic carbocycles. The first kappa shape index (κ1) is 23.7. The third-order valence-corrected chi connectivity index (χ3v) is 4.82. The van der Waals surface area contributed by atoms with Crippen molar-refractivity contribution < 1.29 is 4.79 Å². The molecule has 0 unspecified atom stereocenters. The Bertz CT molecular complexity index is 286. The average Bonchev–Trinajstić information content (AvgIpc) is 2.56. The van der Waals surface area contributed by atoms with Gasteiger partial charge in [0, 0.05) is 6.42 Å². The molecular weight excluding hydrogens is 316 g/mol. The Labute approximate surface area is 156 Å². The van der Waals surface area contributed by atoms with Crippen molar-refractivity contribution in [3.8, 4) is 0 Å². The second-order valence-electron chi connectivity index (χ2n) is 7.10. The molecule has 24 heavy (non-hydrogen) atoms. The monoisotopic (exact) mass is 356 g/mol. The van der Waals surface area contributed by atoms with Gasteiger partial charge in [-0.25, -0.2) is 0 Å². The molecule has 0 N–H and O–H groups in total. The van der Waals surface area contributed by atoms with Gasteiger partial charge in [-0.05, 0) is 43.7 Å². The lowest BCUT2D eigenvalue weighted by molar-refractivity contribution is -0.111. The first-order valence-corrected chi connectivity index (χ1v) is 11.0. The Balaban J connectivity index is 3.07. The number of hydrogen-bond acceptors (Lipinski definition) is 1. The van der Waals surface area contributed by atoms with Gasteiger partial charge >= 0.3 is 0 Å². The van der Waals surface area contributed by atoms with Crippen molar-refractivity contribution in [3.05, 3.63) is 12.2 Å². The highest BCUT2D eigenvalue weighted by Crippen LogP contribution is 2.12. The van der Waals surface area contributed by atoms with Crippen LogP contribution in [-0.2, 0) is 4.79 Å². The molecule has 0 atom stereocenters. The van der Waals surface area contributed by atoms with Crippen molar-refractivity contribution in [2.24, 2.45) is 0 Å². The SMILES string of the molecule is CCCCCCCCCCC/C=C/CCCCCCCCC(=O)Cl. The average molecular weight is 357 g/mol. The number of allylic oxidation sites excluding steroid dienone is 2. The quantitative estimate of drug-likeness (QED) is 0.129. The van der Waals surface area contributed by atoms with Gasteiger partial charge in [-0.1, -0.05) is 96.1 Å². The minimum absolute atomic E-state index is 0.188. The maximum Gasteiger partial charge on any atom is 0.221 e. The van der Waals surface area contributed by atoms with E-state index in [9.17, 15) is 4.79 Å². The molecule has 0 bridgehead atoms. The lowest BCUT2D eigenvalue weighted by Crippen LogP contribution is -1.86. The van der Waals surface area contributed by atoms with Crippen LogP contribution in [0.15, 0.2) is 12.2 Å². The van der Waals surface area contributed by atoms with Gasteiger partial charge in [-0.2, -0.15) is 0 Å². The van der Waals surface area contributed by atoms with Gasteiger partial charge in [0.05, 0.1) is 0 Å². The molecule has 0 amide bonds. The van der Waals surface area contributed by atoms with Crippen LogP contribution in [0.5, 0.6) is 0 Å². The summed E-state index contributed by atoms with van der Waals surface area (Å²) in [6.45, 7) is 2.28. The van der Waals surface area contributed by atoms with E-state index >= 15 is 0 Å². The van der Waals surface area contributed by atoms with E-state index in [2.05, 4.69) is 19.1 Å². The van der Waals surface area contributed by atoms with Gasteiger partial charge in [0.25, 0.3) is 0 Å². The molecule has 0 saturated carbocycles. The predicted octanol–water partition coefficient (Wildman–Crippen LogP) is 8.35. The molecule has 0 aliphatic heterocycles. The lowest BCUT2D eigenvalue weighted by Gasteiger charge is -2.01. The molecule has 0 aliphatic carbocycles. The van der Waals surface area contributed by atoms with Crippen molar-refractivity contribution in [2.45, 2.75) is 122 Å². The summed E-state index contributed by atoms with van der Waals surface area (Å²) in [5, 5.41) is -0.188. The highest BCUT2D eigenvalue weighted by molar-refractivity contribution is 6.63. The summed E-state index contributed by atoms with van der Waals surface area (Å²) in [6.07, 6.45) is 27.8. The summed E-state index contributed by atoms with van der Waals surface area (Å²) in [5.74, 6) is 0. The summed E-state index contributed by atoms with van der Waals surface area (Å²) in [5.41, 5.74) is 0. The van der Waals surface area contributed by atoms with Gasteiger partial charge in [0.2, 0.25) is 5.24 Å². The van der Waals surface area contributed by atoms with E-state index in [0.717, 1.165) is 12.8 Å². The Morgan fingerprint density at radius 1 is 0.625 bits per heavy atom. The van der Waals surface area contributed by atoms with Crippen molar-refractivity contribution in [2.75, 3.05) is 0 Å². The number of carbonyl (C=O) groups is 1. The third kappa shape index (κ3) is 21.7. The van der Waals surface area contributed by atoms with Crippen molar-refractivity contribution >= 4 is 16.8 Å². The van der Waals surface area contributed by atoms with Crippen LogP contribution in [0, 0.1) is 0 Å². The maximum absolute atomic E-state index is 10.6. The third-order valence-electron chi connectivity index (χ3n) is 4.64. The van der Waals surface area contributed by atoms with Crippen LogP contribution in [0.2, 0.25) is 0 Å². The van der Waals surface area contributed by atoms with Crippen LogP contribution in [0.4, 0.5) is 0 Å². The fraction of sp³-hybridized carbons (Fsp3) is 0.864. The second kappa shape index (κ2) is 20.7. The zero-order valence-corrected chi connectivity index (χ0v) is 16.9. The van der Waals surface area contributed by atoms with E-state index in [4.69, 9.17) is 11.6 Å². The molecule has 2 heteroatoms. The minimum Gasteiger partial charge on any atom is -0.281 e. The normalized spacial score (nSPS) is 11.4.